The highest BCUT2D eigenvalue weighted by atomic mass is 16.1. The number of rotatable bonds is 2. The van der Waals surface area contributed by atoms with Gasteiger partial charge in [0.05, 0.1) is 6.07 Å². The molecule has 1 fully saturated rings. The van der Waals surface area contributed by atoms with Crippen molar-refractivity contribution in [1.82, 2.24) is 0 Å². The molecule has 0 spiro atoms. The van der Waals surface area contributed by atoms with Crippen LogP contribution in [0.15, 0.2) is 0 Å². The van der Waals surface area contributed by atoms with Crippen LogP contribution >= 0.6 is 0 Å². The van der Waals surface area contributed by atoms with E-state index in [0.717, 1.165) is 19.1 Å². The van der Waals surface area contributed by atoms with E-state index in [2.05, 4.69) is 0 Å². The molecule has 0 heterocycles. The summed E-state index contributed by atoms with van der Waals surface area (Å²) in [4.78, 5) is 10.00. The Labute approximate surface area is 48.1 Å². The molecule has 0 radical (unpaired) electrons. The monoisotopic (exact) mass is 109 g/mol. The van der Waals surface area contributed by atoms with Crippen molar-refractivity contribution in [3.05, 3.63) is 0 Å². The molecule has 1 aliphatic rings. The van der Waals surface area contributed by atoms with Crippen molar-refractivity contribution in [3.8, 4) is 6.07 Å². The van der Waals surface area contributed by atoms with E-state index in [0.29, 0.717) is 5.92 Å². The molecule has 0 N–H and O–H groups in total. The molecule has 0 bridgehead atoms. The van der Waals surface area contributed by atoms with Crippen LogP contribution in [0, 0.1) is 23.2 Å². The molecule has 0 saturated heterocycles. The zero-order valence-corrected chi connectivity index (χ0v) is 4.50. The molecule has 1 aliphatic carbocycles. The van der Waals surface area contributed by atoms with Crippen molar-refractivity contribution in [3.63, 3.8) is 0 Å². The molecule has 42 valence electrons. The minimum absolute atomic E-state index is 0.310. The zero-order valence-electron chi connectivity index (χ0n) is 4.50. The fourth-order valence-corrected chi connectivity index (χ4v) is 0.702. The lowest BCUT2D eigenvalue weighted by molar-refractivity contribution is -0.110. The number of carbonyl (C=O) groups excluding carboxylic acids is 1. The first-order chi connectivity index (χ1) is 3.88. The highest BCUT2D eigenvalue weighted by Crippen LogP contribution is 2.35. The van der Waals surface area contributed by atoms with Crippen LogP contribution in [0.2, 0.25) is 0 Å². The summed E-state index contributed by atoms with van der Waals surface area (Å²) >= 11 is 0. The zero-order chi connectivity index (χ0) is 5.98. The van der Waals surface area contributed by atoms with E-state index in [9.17, 15) is 4.79 Å². The van der Waals surface area contributed by atoms with Crippen LogP contribution in [0.25, 0.3) is 0 Å². The van der Waals surface area contributed by atoms with Crippen LogP contribution in [0.5, 0.6) is 0 Å². The van der Waals surface area contributed by atoms with Gasteiger partial charge in [0.25, 0.3) is 0 Å². The normalized spacial score (nSPS) is 21.4. The Kier molecular flexibility index (Phi) is 1.29. The maximum Gasteiger partial charge on any atom is 0.137 e. The summed E-state index contributed by atoms with van der Waals surface area (Å²) in [5.74, 6) is 0.0903. The van der Waals surface area contributed by atoms with Crippen LogP contribution < -0.4 is 0 Å². The molecule has 8 heavy (non-hydrogen) atoms. The van der Waals surface area contributed by atoms with Crippen molar-refractivity contribution in [2.75, 3.05) is 0 Å². The van der Waals surface area contributed by atoms with E-state index in [1.54, 1.807) is 0 Å². The molecule has 0 aromatic carbocycles. The highest BCUT2D eigenvalue weighted by Gasteiger charge is 2.30. The summed E-state index contributed by atoms with van der Waals surface area (Å²) in [5, 5.41) is 8.26. The molecular formula is C6H7NO. The van der Waals surface area contributed by atoms with Crippen LogP contribution in [0.4, 0.5) is 0 Å². The highest BCUT2D eigenvalue weighted by molar-refractivity contribution is 5.58. The predicted octanol–water partition coefficient (Wildman–Crippen LogP) is 0.735. The van der Waals surface area contributed by atoms with Crippen molar-refractivity contribution < 1.29 is 4.79 Å². The van der Waals surface area contributed by atoms with Crippen molar-refractivity contribution >= 4 is 6.29 Å². The van der Waals surface area contributed by atoms with E-state index in [1.165, 1.54) is 0 Å². The molecule has 1 saturated carbocycles. The predicted molar refractivity (Wildman–Crippen MR) is 27.9 cm³/mol. The summed E-state index contributed by atoms with van der Waals surface area (Å²) < 4.78 is 0. The summed E-state index contributed by atoms with van der Waals surface area (Å²) in [6.45, 7) is 0. The Bertz CT molecular complexity index is 132. The topological polar surface area (TPSA) is 40.9 Å². The molecule has 0 aromatic rings. The van der Waals surface area contributed by atoms with Crippen molar-refractivity contribution in [1.29, 1.82) is 5.26 Å². The quantitative estimate of drug-likeness (QED) is 0.490. The van der Waals surface area contributed by atoms with Gasteiger partial charge in [-0.15, -0.1) is 0 Å². The molecule has 1 rings (SSSR count). The second-order valence-corrected chi connectivity index (χ2v) is 2.13. The Morgan fingerprint density at radius 3 is 2.50 bits per heavy atom. The first-order valence-corrected chi connectivity index (χ1v) is 2.73. The van der Waals surface area contributed by atoms with Crippen LogP contribution in [-0.4, -0.2) is 6.29 Å². The fourth-order valence-electron chi connectivity index (χ4n) is 0.702. The third-order valence-electron chi connectivity index (χ3n) is 1.43. The summed E-state index contributed by atoms with van der Waals surface area (Å²) in [6, 6.07) is 1.95. The number of nitrogens with zero attached hydrogens (tertiary/aromatic N) is 1. The van der Waals surface area contributed by atoms with Crippen LogP contribution in [0.3, 0.4) is 0 Å². The van der Waals surface area contributed by atoms with Gasteiger partial charge in [0.2, 0.25) is 0 Å². The summed E-state index contributed by atoms with van der Waals surface area (Å²) in [6.07, 6.45) is 2.88. The van der Waals surface area contributed by atoms with Gasteiger partial charge in [-0.3, -0.25) is 0 Å². The minimum atomic E-state index is -0.310. The molecular weight excluding hydrogens is 102 g/mol. The average molecular weight is 109 g/mol. The average Bonchev–Trinajstić information content (AvgIpc) is 2.53. The first kappa shape index (κ1) is 5.30. The third kappa shape index (κ3) is 0.865. The van der Waals surface area contributed by atoms with Gasteiger partial charge in [-0.1, -0.05) is 0 Å². The van der Waals surface area contributed by atoms with E-state index < -0.39 is 0 Å². The second-order valence-electron chi connectivity index (χ2n) is 2.13. The first-order valence-electron chi connectivity index (χ1n) is 2.73. The molecule has 0 aliphatic heterocycles. The fraction of sp³-hybridized carbons (Fsp3) is 0.667. The number of carbonyl (C=O) groups is 1. The number of aldehydes is 1. The molecule has 0 amide bonds. The van der Waals surface area contributed by atoms with Gasteiger partial charge >= 0.3 is 0 Å². The molecule has 2 heteroatoms. The van der Waals surface area contributed by atoms with Crippen molar-refractivity contribution in [2.24, 2.45) is 11.8 Å². The van der Waals surface area contributed by atoms with Gasteiger partial charge in [-0.05, 0) is 18.8 Å². The van der Waals surface area contributed by atoms with E-state index in [1.807, 2.05) is 6.07 Å². The largest absolute Gasteiger partial charge is 0.302 e. The van der Waals surface area contributed by atoms with Gasteiger partial charge < -0.3 is 4.79 Å². The lowest BCUT2D eigenvalue weighted by Crippen LogP contribution is -1.99. The maximum atomic E-state index is 10.00. The Balaban J connectivity index is 2.39. The Morgan fingerprint density at radius 1 is 1.75 bits per heavy atom. The van der Waals surface area contributed by atoms with Gasteiger partial charge in [0.15, 0.2) is 0 Å². The lowest BCUT2D eigenvalue weighted by atomic mass is 10.1. The number of hydrogen-bond donors (Lipinski definition) is 0. The summed E-state index contributed by atoms with van der Waals surface area (Å²) in [7, 11) is 0. The van der Waals surface area contributed by atoms with Gasteiger partial charge in [-0.2, -0.15) is 5.26 Å². The Hall–Kier alpha value is -0.840. The van der Waals surface area contributed by atoms with Crippen LogP contribution in [0.1, 0.15) is 12.8 Å². The standard InChI is InChI=1S/C6H7NO/c7-3-6(4-8)5-1-2-5/h4-6H,1-2H2/t6-/m0/s1. The molecule has 0 aromatic heterocycles. The van der Waals surface area contributed by atoms with Gasteiger partial charge in [-0.25, -0.2) is 0 Å². The molecule has 1 atom stereocenters. The minimum Gasteiger partial charge on any atom is -0.302 e. The lowest BCUT2D eigenvalue weighted by Gasteiger charge is -1.89. The molecule has 0 unspecified atom stereocenters. The van der Waals surface area contributed by atoms with Gasteiger partial charge in [0, 0.05) is 0 Å². The third-order valence-corrected chi connectivity index (χ3v) is 1.43. The molecule has 2 nitrogen and oxygen atoms in total. The second kappa shape index (κ2) is 1.95. The van der Waals surface area contributed by atoms with E-state index in [-0.39, 0.29) is 5.92 Å². The number of hydrogen-bond acceptors (Lipinski definition) is 2. The SMILES string of the molecule is N#C[C@@H](C=O)C1CC1. The summed E-state index contributed by atoms with van der Waals surface area (Å²) in [5.41, 5.74) is 0. The van der Waals surface area contributed by atoms with Crippen molar-refractivity contribution in [2.45, 2.75) is 12.8 Å². The smallest absolute Gasteiger partial charge is 0.137 e. The van der Waals surface area contributed by atoms with Gasteiger partial charge in [0.1, 0.15) is 12.2 Å². The van der Waals surface area contributed by atoms with E-state index >= 15 is 0 Å². The maximum absolute atomic E-state index is 10.00. The van der Waals surface area contributed by atoms with E-state index in [4.69, 9.17) is 5.26 Å². The number of nitriles is 1. The Morgan fingerprint density at radius 2 is 2.38 bits per heavy atom. The van der Waals surface area contributed by atoms with Crippen LogP contribution in [-0.2, 0) is 4.79 Å².